The molecule has 2 heterocycles. The summed E-state index contributed by atoms with van der Waals surface area (Å²) < 4.78 is 3.30. The number of hydrogen-bond donors (Lipinski definition) is 0. The number of aromatic nitrogens is 3. The first kappa shape index (κ1) is 14.0. The standard InChI is InChI=1S/C14H13BrClN3S/c15-10-1-2-12-11(9-10)18-13(3-5-16)19(12)7-4-14-17-6-8-20-14/h1-2,6,8-9H,3-5,7H2. The van der Waals surface area contributed by atoms with Crippen LogP contribution in [-0.2, 0) is 19.4 Å². The highest BCUT2D eigenvalue weighted by molar-refractivity contribution is 9.10. The number of hydrogen-bond acceptors (Lipinski definition) is 3. The minimum atomic E-state index is 0.585. The van der Waals surface area contributed by atoms with Crippen molar-refractivity contribution in [3.8, 4) is 0 Å². The highest BCUT2D eigenvalue weighted by Gasteiger charge is 2.11. The number of nitrogens with zero attached hydrogens (tertiary/aromatic N) is 3. The molecule has 3 rings (SSSR count). The molecule has 0 saturated heterocycles. The lowest BCUT2D eigenvalue weighted by atomic mass is 10.3. The van der Waals surface area contributed by atoms with E-state index in [-0.39, 0.29) is 0 Å². The second-order valence-electron chi connectivity index (χ2n) is 4.43. The fraction of sp³-hybridized carbons (Fsp3) is 0.286. The van der Waals surface area contributed by atoms with Crippen LogP contribution in [0.2, 0.25) is 0 Å². The van der Waals surface area contributed by atoms with Crippen molar-refractivity contribution in [2.45, 2.75) is 19.4 Å². The second kappa shape index (κ2) is 6.24. The average Bonchev–Trinajstić information content (AvgIpc) is 3.04. The number of rotatable bonds is 5. The fourth-order valence-corrected chi connectivity index (χ4v) is 3.39. The second-order valence-corrected chi connectivity index (χ2v) is 6.70. The van der Waals surface area contributed by atoms with Crippen LogP contribution < -0.4 is 0 Å². The molecule has 104 valence electrons. The van der Waals surface area contributed by atoms with Gasteiger partial charge in [-0.15, -0.1) is 22.9 Å². The summed E-state index contributed by atoms with van der Waals surface area (Å²) in [5, 5.41) is 3.17. The predicted molar refractivity (Wildman–Crippen MR) is 87.7 cm³/mol. The number of aryl methyl sites for hydroxylation is 3. The lowest BCUT2D eigenvalue weighted by Gasteiger charge is -2.07. The third-order valence-electron chi connectivity index (χ3n) is 3.14. The zero-order valence-corrected chi connectivity index (χ0v) is 13.9. The minimum absolute atomic E-state index is 0.585. The highest BCUT2D eigenvalue weighted by atomic mass is 79.9. The van der Waals surface area contributed by atoms with Crippen LogP contribution in [0.15, 0.2) is 34.2 Å². The first-order chi connectivity index (χ1) is 9.78. The molecule has 2 aromatic heterocycles. The zero-order chi connectivity index (χ0) is 13.9. The SMILES string of the molecule is ClCCc1nc2cc(Br)ccc2n1CCc1nccs1. The molecule has 0 atom stereocenters. The molecule has 0 saturated carbocycles. The van der Waals surface area contributed by atoms with Crippen molar-refractivity contribution in [3.63, 3.8) is 0 Å². The van der Waals surface area contributed by atoms with E-state index < -0.39 is 0 Å². The fourth-order valence-electron chi connectivity index (χ4n) is 2.26. The van der Waals surface area contributed by atoms with Gasteiger partial charge in [-0.3, -0.25) is 0 Å². The third-order valence-corrected chi connectivity index (χ3v) is 4.66. The van der Waals surface area contributed by atoms with E-state index in [0.29, 0.717) is 5.88 Å². The summed E-state index contributed by atoms with van der Waals surface area (Å²) in [5.74, 6) is 1.63. The van der Waals surface area contributed by atoms with Crippen molar-refractivity contribution >= 4 is 49.9 Å². The maximum atomic E-state index is 5.89. The van der Waals surface area contributed by atoms with Gasteiger partial charge in [-0.05, 0) is 18.2 Å². The maximum Gasteiger partial charge on any atom is 0.111 e. The molecule has 0 unspecified atom stereocenters. The van der Waals surface area contributed by atoms with Gasteiger partial charge in [0.25, 0.3) is 0 Å². The largest absolute Gasteiger partial charge is 0.328 e. The van der Waals surface area contributed by atoms with Gasteiger partial charge >= 0.3 is 0 Å². The molecule has 0 aliphatic carbocycles. The van der Waals surface area contributed by atoms with Crippen molar-refractivity contribution in [1.82, 2.24) is 14.5 Å². The molecule has 3 nitrogen and oxygen atoms in total. The van der Waals surface area contributed by atoms with Crippen LogP contribution in [0.3, 0.4) is 0 Å². The van der Waals surface area contributed by atoms with E-state index in [2.05, 4.69) is 31.5 Å². The van der Waals surface area contributed by atoms with Gasteiger partial charge in [-0.2, -0.15) is 0 Å². The Morgan fingerprint density at radius 1 is 1.30 bits per heavy atom. The number of benzene rings is 1. The van der Waals surface area contributed by atoms with E-state index in [1.807, 2.05) is 23.7 Å². The topological polar surface area (TPSA) is 30.7 Å². The van der Waals surface area contributed by atoms with Crippen molar-refractivity contribution in [2.24, 2.45) is 0 Å². The van der Waals surface area contributed by atoms with E-state index in [1.54, 1.807) is 11.3 Å². The van der Waals surface area contributed by atoms with Crippen molar-refractivity contribution in [2.75, 3.05) is 5.88 Å². The number of alkyl halides is 1. The Kier molecular flexibility index (Phi) is 4.38. The molecule has 1 aromatic carbocycles. The summed E-state index contributed by atoms with van der Waals surface area (Å²) in [4.78, 5) is 9.03. The quantitative estimate of drug-likeness (QED) is 0.628. The zero-order valence-electron chi connectivity index (χ0n) is 10.7. The number of imidazole rings is 1. The Morgan fingerprint density at radius 3 is 2.95 bits per heavy atom. The van der Waals surface area contributed by atoms with Gasteiger partial charge in [0.1, 0.15) is 5.82 Å². The van der Waals surface area contributed by atoms with Crippen molar-refractivity contribution in [3.05, 3.63) is 45.1 Å². The summed E-state index contributed by atoms with van der Waals surface area (Å²) in [6.07, 6.45) is 3.56. The minimum Gasteiger partial charge on any atom is -0.328 e. The van der Waals surface area contributed by atoms with E-state index >= 15 is 0 Å². The van der Waals surface area contributed by atoms with Crippen LogP contribution in [0, 0.1) is 0 Å². The molecule has 0 fully saturated rings. The predicted octanol–water partition coefficient (Wildman–Crippen LogP) is 4.28. The first-order valence-corrected chi connectivity index (χ1v) is 8.57. The molecule has 20 heavy (non-hydrogen) atoms. The molecule has 0 amide bonds. The highest BCUT2D eigenvalue weighted by Crippen LogP contribution is 2.22. The normalized spacial score (nSPS) is 11.3. The molecule has 0 N–H and O–H groups in total. The Morgan fingerprint density at radius 2 is 2.20 bits per heavy atom. The van der Waals surface area contributed by atoms with Crippen LogP contribution in [0.4, 0.5) is 0 Å². The lowest BCUT2D eigenvalue weighted by molar-refractivity contribution is 0.673. The molecule has 0 aliphatic heterocycles. The van der Waals surface area contributed by atoms with Crippen LogP contribution >= 0.6 is 38.9 Å². The Bertz CT molecular complexity index is 709. The van der Waals surface area contributed by atoms with Crippen LogP contribution in [0.25, 0.3) is 11.0 Å². The summed E-state index contributed by atoms with van der Waals surface area (Å²) in [5.41, 5.74) is 2.17. The van der Waals surface area contributed by atoms with Crippen LogP contribution in [0.1, 0.15) is 10.8 Å². The molecular weight excluding hydrogens is 358 g/mol. The molecule has 0 aliphatic rings. The summed E-state index contributed by atoms with van der Waals surface area (Å²) in [6, 6.07) is 6.20. The smallest absolute Gasteiger partial charge is 0.111 e. The van der Waals surface area contributed by atoms with E-state index in [0.717, 1.165) is 45.7 Å². The Labute approximate surface area is 134 Å². The Balaban J connectivity index is 1.95. The van der Waals surface area contributed by atoms with Gasteiger partial charge in [-0.1, -0.05) is 15.9 Å². The maximum absolute atomic E-state index is 5.89. The van der Waals surface area contributed by atoms with Gasteiger partial charge in [0.15, 0.2) is 0 Å². The molecule has 0 spiro atoms. The number of thiazole rings is 1. The van der Waals surface area contributed by atoms with E-state index in [9.17, 15) is 0 Å². The number of halogens is 2. The lowest BCUT2D eigenvalue weighted by Crippen LogP contribution is -2.06. The molecular formula is C14H13BrClN3S. The van der Waals surface area contributed by atoms with Gasteiger partial charge in [0, 0.05) is 41.3 Å². The Hall–Kier alpha value is -0.910. The van der Waals surface area contributed by atoms with Gasteiger partial charge in [0.2, 0.25) is 0 Å². The summed E-state index contributed by atoms with van der Waals surface area (Å²) in [6.45, 7) is 0.887. The van der Waals surface area contributed by atoms with Gasteiger partial charge in [0.05, 0.1) is 16.0 Å². The van der Waals surface area contributed by atoms with Crippen LogP contribution in [0.5, 0.6) is 0 Å². The molecule has 6 heteroatoms. The van der Waals surface area contributed by atoms with E-state index in [4.69, 9.17) is 16.6 Å². The van der Waals surface area contributed by atoms with Gasteiger partial charge < -0.3 is 4.57 Å². The molecule has 3 aromatic rings. The average molecular weight is 371 g/mol. The van der Waals surface area contributed by atoms with Gasteiger partial charge in [-0.25, -0.2) is 9.97 Å². The first-order valence-electron chi connectivity index (χ1n) is 6.37. The monoisotopic (exact) mass is 369 g/mol. The summed E-state index contributed by atoms with van der Waals surface area (Å²) >= 11 is 11.1. The number of fused-ring (bicyclic) bond motifs is 1. The van der Waals surface area contributed by atoms with E-state index in [1.165, 1.54) is 0 Å². The van der Waals surface area contributed by atoms with Crippen molar-refractivity contribution < 1.29 is 0 Å². The molecule has 0 radical (unpaired) electrons. The van der Waals surface area contributed by atoms with Crippen LogP contribution in [-0.4, -0.2) is 20.4 Å². The van der Waals surface area contributed by atoms with Crippen molar-refractivity contribution in [1.29, 1.82) is 0 Å². The summed E-state index contributed by atoms with van der Waals surface area (Å²) in [7, 11) is 0. The molecule has 0 bridgehead atoms. The third kappa shape index (κ3) is 2.90.